The van der Waals surface area contributed by atoms with Crippen molar-refractivity contribution in [3.05, 3.63) is 35.4 Å². The smallest absolute Gasteiger partial charge is 0.224 e. The molecule has 3 rings (SSSR count). The van der Waals surface area contributed by atoms with Gasteiger partial charge in [-0.25, -0.2) is 0 Å². The summed E-state index contributed by atoms with van der Waals surface area (Å²) in [5, 5.41) is 16.4. The Morgan fingerprint density at radius 2 is 2.15 bits per heavy atom. The molecule has 20 heavy (non-hydrogen) atoms. The van der Waals surface area contributed by atoms with Gasteiger partial charge in [-0.2, -0.15) is 0 Å². The number of fused-ring (bicyclic) bond motifs is 1. The van der Waals surface area contributed by atoms with Gasteiger partial charge in [-0.1, -0.05) is 24.3 Å². The first-order chi connectivity index (χ1) is 9.25. The molecule has 0 bridgehead atoms. The molecule has 1 unspecified atom stereocenters. The third kappa shape index (κ3) is 2.97. The predicted octanol–water partition coefficient (Wildman–Crippen LogP) is 1.18. The summed E-state index contributed by atoms with van der Waals surface area (Å²) in [6.45, 7) is 1.75. The highest BCUT2D eigenvalue weighted by Gasteiger charge is 2.33. The van der Waals surface area contributed by atoms with Crippen molar-refractivity contribution in [2.75, 3.05) is 13.1 Å². The summed E-state index contributed by atoms with van der Waals surface area (Å²) in [5.74, 6) is 0.0988. The first kappa shape index (κ1) is 15.3. The van der Waals surface area contributed by atoms with E-state index in [1.807, 2.05) is 24.3 Å². The Hall–Kier alpha value is -1.10. The molecule has 1 saturated heterocycles. The second-order valence-corrected chi connectivity index (χ2v) is 5.50. The van der Waals surface area contributed by atoms with E-state index in [0.29, 0.717) is 6.42 Å². The number of piperidine rings is 1. The molecule has 4 nitrogen and oxygen atoms in total. The van der Waals surface area contributed by atoms with Crippen LogP contribution in [0.2, 0.25) is 0 Å². The predicted molar refractivity (Wildman–Crippen MR) is 79.9 cm³/mol. The average molecular weight is 297 g/mol. The number of hydrogen-bond acceptors (Lipinski definition) is 3. The minimum absolute atomic E-state index is 0. The lowest BCUT2D eigenvalue weighted by Crippen LogP contribution is -2.43. The van der Waals surface area contributed by atoms with Gasteiger partial charge in [0.25, 0.3) is 0 Å². The second-order valence-electron chi connectivity index (χ2n) is 5.50. The number of aliphatic hydroxyl groups excluding tert-OH is 1. The molecule has 110 valence electrons. The third-order valence-corrected chi connectivity index (χ3v) is 4.17. The van der Waals surface area contributed by atoms with Gasteiger partial charge in [-0.3, -0.25) is 4.79 Å². The molecule has 1 aromatic rings. The number of carbonyl (C=O) groups excluding carboxylic acids is 1. The van der Waals surface area contributed by atoms with E-state index in [4.69, 9.17) is 0 Å². The molecule has 0 aromatic heterocycles. The molecular formula is C15H21ClN2O2. The topological polar surface area (TPSA) is 61.4 Å². The molecule has 1 aromatic carbocycles. The van der Waals surface area contributed by atoms with Gasteiger partial charge in [0.2, 0.25) is 5.91 Å². The summed E-state index contributed by atoms with van der Waals surface area (Å²) < 4.78 is 0. The van der Waals surface area contributed by atoms with E-state index in [0.717, 1.165) is 37.1 Å². The highest BCUT2D eigenvalue weighted by Crippen LogP contribution is 2.31. The van der Waals surface area contributed by atoms with Crippen LogP contribution in [0.15, 0.2) is 24.3 Å². The molecule has 2 aliphatic rings. The minimum atomic E-state index is -0.502. The zero-order valence-electron chi connectivity index (χ0n) is 11.3. The molecule has 0 radical (unpaired) electrons. The van der Waals surface area contributed by atoms with Crippen LogP contribution in [0.5, 0.6) is 0 Å². The summed E-state index contributed by atoms with van der Waals surface area (Å²) in [6.07, 6.45) is 2.10. The van der Waals surface area contributed by atoms with Gasteiger partial charge in [0.1, 0.15) is 0 Å². The Labute approximate surface area is 125 Å². The first-order valence-electron chi connectivity index (χ1n) is 7.02. The maximum atomic E-state index is 12.2. The van der Waals surface area contributed by atoms with Crippen LogP contribution in [0.4, 0.5) is 0 Å². The lowest BCUT2D eigenvalue weighted by Gasteiger charge is -2.25. The largest absolute Gasteiger partial charge is 0.390 e. The van der Waals surface area contributed by atoms with Gasteiger partial charge in [-0.05, 0) is 30.5 Å². The Bertz CT molecular complexity index is 475. The Morgan fingerprint density at radius 3 is 2.90 bits per heavy atom. The van der Waals surface area contributed by atoms with E-state index in [1.165, 1.54) is 0 Å². The Balaban J connectivity index is 0.00000147. The van der Waals surface area contributed by atoms with E-state index in [-0.39, 0.29) is 30.3 Å². The van der Waals surface area contributed by atoms with Crippen molar-refractivity contribution in [3.63, 3.8) is 0 Å². The van der Waals surface area contributed by atoms with E-state index in [2.05, 4.69) is 10.6 Å². The zero-order chi connectivity index (χ0) is 13.2. The van der Waals surface area contributed by atoms with E-state index in [9.17, 15) is 9.90 Å². The number of benzene rings is 1. The lowest BCUT2D eigenvalue weighted by atomic mass is 9.97. The second kappa shape index (κ2) is 6.57. The molecule has 0 spiro atoms. The first-order valence-corrected chi connectivity index (χ1v) is 7.02. The van der Waals surface area contributed by atoms with Crippen molar-refractivity contribution in [1.82, 2.24) is 10.6 Å². The van der Waals surface area contributed by atoms with Crippen molar-refractivity contribution in [3.8, 4) is 0 Å². The number of aliphatic hydroxyl groups is 1. The SMILES string of the molecule is Cl.O=C(N[C@H]1c2ccccc2C[C@H]1O)C1CCCNC1. The summed E-state index contributed by atoms with van der Waals surface area (Å²) in [5.41, 5.74) is 2.20. The molecule has 1 aliphatic heterocycles. The molecule has 0 saturated carbocycles. The highest BCUT2D eigenvalue weighted by atomic mass is 35.5. The number of amides is 1. The van der Waals surface area contributed by atoms with Crippen molar-refractivity contribution in [2.24, 2.45) is 5.92 Å². The molecule has 1 fully saturated rings. The standard InChI is InChI=1S/C15H20N2O2.ClH/c18-13-8-10-4-1-2-6-12(10)14(13)17-15(19)11-5-3-7-16-9-11;/h1-2,4,6,11,13-14,16,18H,3,5,7-9H2,(H,17,19);1H/t11?,13-,14+;/m1./s1. The lowest BCUT2D eigenvalue weighted by molar-refractivity contribution is -0.127. The van der Waals surface area contributed by atoms with E-state index in [1.54, 1.807) is 0 Å². The van der Waals surface area contributed by atoms with Crippen molar-refractivity contribution in [1.29, 1.82) is 0 Å². The maximum absolute atomic E-state index is 12.2. The van der Waals surface area contributed by atoms with Gasteiger partial charge < -0.3 is 15.7 Å². The molecular weight excluding hydrogens is 276 g/mol. The van der Waals surface area contributed by atoms with Gasteiger partial charge in [0.05, 0.1) is 18.1 Å². The van der Waals surface area contributed by atoms with Gasteiger partial charge in [0, 0.05) is 13.0 Å². The van der Waals surface area contributed by atoms with Gasteiger partial charge in [-0.15, -0.1) is 12.4 Å². The molecule has 5 heteroatoms. The van der Waals surface area contributed by atoms with Crippen LogP contribution in [0.25, 0.3) is 0 Å². The third-order valence-electron chi connectivity index (χ3n) is 4.17. The summed E-state index contributed by atoms with van der Waals surface area (Å²) >= 11 is 0. The molecule has 1 heterocycles. The minimum Gasteiger partial charge on any atom is -0.390 e. The van der Waals surface area contributed by atoms with E-state index < -0.39 is 6.10 Å². The van der Waals surface area contributed by atoms with Gasteiger partial charge >= 0.3 is 0 Å². The number of carbonyl (C=O) groups is 1. The number of nitrogens with one attached hydrogen (secondary N) is 2. The normalized spacial score (nSPS) is 28.4. The van der Waals surface area contributed by atoms with Crippen LogP contribution in [-0.4, -0.2) is 30.2 Å². The summed E-state index contributed by atoms with van der Waals surface area (Å²) in [4.78, 5) is 12.2. The Morgan fingerprint density at radius 1 is 1.35 bits per heavy atom. The van der Waals surface area contributed by atoms with Crippen LogP contribution in [0.1, 0.15) is 30.0 Å². The number of hydrogen-bond donors (Lipinski definition) is 3. The molecule has 1 aliphatic carbocycles. The number of rotatable bonds is 2. The quantitative estimate of drug-likeness (QED) is 0.768. The van der Waals surface area contributed by atoms with Crippen LogP contribution in [0.3, 0.4) is 0 Å². The molecule has 1 amide bonds. The van der Waals surface area contributed by atoms with Crippen molar-refractivity contribution >= 4 is 18.3 Å². The van der Waals surface area contributed by atoms with Crippen LogP contribution < -0.4 is 10.6 Å². The van der Waals surface area contributed by atoms with Gasteiger partial charge in [0.15, 0.2) is 0 Å². The average Bonchev–Trinajstić information content (AvgIpc) is 2.76. The highest BCUT2D eigenvalue weighted by molar-refractivity contribution is 5.85. The number of halogens is 1. The van der Waals surface area contributed by atoms with Crippen LogP contribution >= 0.6 is 12.4 Å². The van der Waals surface area contributed by atoms with Crippen LogP contribution in [-0.2, 0) is 11.2 Å². The maximum Gasteiger partial charge on any atom is 0.224 e. The molecule has 3 N–H and O–H groups in total. The fourth-order valence-electron chi connectivity index (χ4n) is 3.09. The summed E-state index contributed by atoms with van der Waals surface area (Å²) in [6, 6.07) is 7.70. The molecule has 3 atom stereocenters. The fraction of sp³-hybridized carbons (Fsp3) is 0.533. The Kier molecular flexibility index (Phi) is 5.02. The van der Waals surface area contributed by atoms with Crippen molar-refractivity contribution in [2.45, 2.75) is 31.4 Å². The summed E-state index contributed by atoms with van der Waals surface area (Å²) in [7, 11) is 0. The van der Waals surface area contributed by atoms with E-state index >= 15 is 0 Å². The van der Waals surface area contributed by atoms with Crippen molar-refractivity contribution < 1.29 is 9.90 Å². The fourth-order valence-corrected chi connectivity index (χ4v) is 3.09. The van der Waals surface area contributed by atoms with Crippen LogP contribution in [0, 0.1) is 5.92 Å². The zero-order valence-corrected chi connectivity index (χ0v) is 12.2. The monoisotopic (exact) mass is 296 g/mol.